The van der Waals surface area contributed by atoms with Gasteiger partial charge >= 0.3 is 0 Å². The number of hydrogen-bond donors (Lipinski definition) is 5. The van der Waals surface area contributed by atoms with E-state index in [1.165, 1.54) is 0 Å². The fourth-order valence-electron chi connectivity index (χ4n) is 1.95. The van der Waals surface area contributed by atoms with Crippen LogP contribution in [0.4, 0.5) is 5.69 Å². The summed E-state index contributed by atoms with van der Waals surface area (Å²) >= 11 is 11.9. The number of carbonyl (C=O) groups is 1. The van der Waals surface area contributed by atoms with E-state index in [2.05, 4.69) is 26.6 Å². The summed E-state index contributed by atoms with van der Waals surface area (Å²) in [7, 11) is 0. The predicted molar refractivity (Wildman–Crippen MR) is 89.8 cm³/mol. The lowest BCUT2D eigenvalue weighted by atomic mass is 10.1. The molecule has 0 aliphatic carbocycles. The number of rotatable bonds is 3. The van der Waals surface area contributed by atoms with E-state index in [0.29, 0.717) is 5.56 Å². The Kier molecular flexibility index (Phi) is 5.52. The van der Waals surface area contributed by atoms with E-state index in [-0.39, 0.29) is 17.7 Å². The molecule has 22 heavy (non-hydrogen) atoms. The molecular weight excluding hydrogens is 325 g/mol. The second kappa shape index (κ2) is 7.02. The van der Waals surface area contributed by atoms with E-state index in [1.54, 1.807) is 12.1 Å². The molecule has 1 saturated heterocycles. The molecule has 1 fully saturated rings. The van der Waals surface area contributed by atoms with Gasteiger partial charge in [0.1, 0.15) is 17.5 Å². The number of hydrogen-bond acceptors (Lipinski definition) is 5. The normalized spacial score (nSPS) is 25.6. The molecule has 2 atom stereocenters. The van der Waals surface area contributed by atoms with Crippen LogP contribution in [-0.4, -0.2) is 29.0 Å². The zero-order valence-electron chi connectivity index (χ0n) is 12.7. The summed E-state index contributed by atoms with van der Waals surface area (Å²) in [6.07, 6.45) is -0.277. The van der Waals surface area contributed by atoms with Crippen LogP contribution in [0, 0.1) is 0 Å². The minimum absolute atomic E-state index is 0.0983. The topological polar surface area (TPSA) is 77.2 Å². The van der Waals surface area contributed by atoms with Gasteiger partial charge in [0, 0.05) is 16.8 Å². The van der Waals surface area contributed by atoms with E-state index < -0.39 is 11.2 Å². The summed E-state index contributed by atoms with van der Waals surface area (Å²) in [5, 5.41) is 15.0. The van der Waals surface area contributed by atoms with Gasteiger partial charge in [-0.25, -0.2) is 0 Å². The molecule has 6 nitrogen and oxygen atoms in total. The van der Waals surface area contributed by atoms with Gasteiger partial charge in [0.2, 0.25) is 0 Å². The fraction of sp³-hybridized carbons (Fsp3) is 0.500. The SMILES string of the molecule is CC(C)(C)NC(=O)c1ccc(NC2NC(Cl)NC(Cl)N2)cc1. The second-order valence-electron chi connectivity index (χ2n) is 6.08. The maximum atomic E-state index is 12.0. The Bertz CT molecular complexity index is 507. The summed E-state index contributed by atoms with van der Waals surface area (Å²) in [5.41, 5.74) is 0.321. The van der Waals surface area contributed by atoms with Crippen molar-refractivity contribution in [3.63, 3.8) is 0 Å². The van der Waals surface area contributed by atoms with Crippen molar-refractivity contribution in [2.45, 2.75) is 43.8 Å². The van der Waals surface area contributed by atoms with Crippen LogP contribution in [0.25, 0.3) is 0 Å². The molecule has 2 rings (SSSR count). The van der Waals surface area contributed by atoms with Gasteiger partial charge in [0.15, 0.2) is 0 Å². The van der Waals surface area contributed by atoms with Crippen molar-refractivity contribution < 1.29 is 4.79 Å². The van der Waals surface area contributed by atoms with Gasteiger partial charge < -0.3 is 10.6 Å². The number of carbonyl (C=O) groups excluding carboxylic acids is 1. The minimum Gasteiger partial charge on any atom is -0.357 e. The highest BCUT2D eigenvalue weighted by molar-refractivity contribution is 6.23. The Morgan fingerprint density at radius 3 is 2.09 bits per heavy atom. The van der Waals surface area contributed by atoms with Gasteiger partial charge in [-0.1, -0.05) is 23.2 Å². The van der Waals surface area contributed by atoms with Crippen molar-refractivity contribution >= 4 is 34.8 Å². The first-order valence-corrected chi connectivity index (χ1v) is 7.86. The van der Waals surface area contributed by atoms with Crippen molar-refractivity contribution in [2.75, 3.05) is 5.32 Å². The molecule has 0 saturated carbocycles. The Hall–Kier alpha value is -1.05. The van der Waals surface area contributed by atoms with Gasteiger partial charge in [-0.05, 0) is 45.0 Å². The summed E-state index contributed by atoms with van der Waals surface area (Å²) < 4.78 is 0. The standard InChI is InChI=1S/C14H21Cl2N5O/c1-14(2,3)21-10(22)8-4-6-9(7-5-8)17-13-19-11(15)18-12(16)20-13/h4-7,11-13,17-20H,1-3H3,(H,21,22). The zero-order chi connectivity index (χ0) is 16.3. The average Bonchev–Trinajstić information content (AvgIpc) is 2.36. The van der Waals surface area contributed by atoms with Crippen LogP contribution >= 0.6 is 23.2 Å². The highest BCUT2D eigenvalue weighted by atomic mass is 35.5. The quantitative estimate of drug-likeness (QED) is 0.426. The van der Waals surface area contributed by atoms with E-state index in [9.17, 15) is 4.79 Å². The Balaban J connectivity index is 1.96. The molecule has 1 aromatic carbocycles. The molecule has 8 heteroatoms. The molecule has 1 aliphatic rings. The summed E-state index contributed by atoms with van der Waals surface area (Å²) in [6.45, 7) is 5.83. The third-order valence-corrected chi connectivity index (χ3v) is 3.37. The number of halogens is 2. The molecule has 1 amide bonds. The highest BCUT2D eigenvalue weighted by Crippen LogP contribution is 2.12. The lowest BCUT2D eigenvalue weighted by molar-refractivity contribution is 0.0919. The first-order chi connectivity index (χ1) is 10.2. The maximum absolute atomic E-state index is 12.0. The summed E-state index contributed by atoms with van der Waals surface area (Å²) in [5.74, 6) is -0.0983. The number of benzene rings is 1. The number of nitrogens with one attached hydrogen (secondary N) is 5. The Morgan fingerprint density at radius 1 is 1.05 bits per heavy atom. The van der Waals surface area contributed by atoms with Gasteiger partial charge in [0.25, 0.3) is 5.91 Å². The fourth-order valence-corrected chi connectivity index (χ4v) is 2.51. The first kappa shape index (κ1) is 17.3. The third kappa shape index (κ3) is 5.30. The first-order valence-electron chi connectivity index (χ1n) is 6.98. The van der Waals surface area contributed by atoms with Crippen LogP contribution in [-0.2, 0) is 0 Å². The van der Waals surface area contributed by atoms with E-state index >= 15 is 0 Å². The van der Waals surface area contributed by atoms with Crippen molar-refractivity contribution in [3.8, 4) is 0 Å². The van der Waals surface area contributed by atoms with Crippen molar-refractivity contribution in [1.82, 2.24) is 21.3 Å². The second-order valence-corrected chi connectivity index (χ2v) is 6.96. The van der Waals surface area contributed by atoms with Crippen LogP contribution in [0.3, 0.4) is 0 Å². The molecule has 1 heterocycles. The molecule has 122 valence electrons. The Morgan fingerprint density at radius 2 is 1.59 bits per heavy atom. The number of alkyl halides is 2. The maximum Gasteiger partial charge on any atom is 0.251 e. The summed E-state index contributed by atoms with van der Waals surface area (Å²) in [6, 6.07) is 7.19. The van der Waals surface area contributed by atoms with E-state index in [4.69, 9.17) is 23.2 Å². The minimum atomic E-state index is -0.432. The van der Waals surface area contributed by atoms with Crippen LogP contribution in [0.2, 0.25) is 0 Å². The van der Waals surface area contributed by atoms with Crippen LogP contribution in [0.5, 0.6) is 0 Å². The molecule has 0 bridgehead atoms. The third-order valence-electron chi connectivity index (χ3n) is 2.87. The van der Waals surface area contributed by atoms with Crippen molar-refractivity contribution in [3.05, 3.63) is 29.8 Å². The van der Waals surface area contributed by atoms with E-state index in [0.717, 1.165) is 5.69 Å². The molecular formula is C14H21Cl2N5O. The van der Waals surface area contributed by atoms with Crippen LogP contribution in [0.1, 0.15) is 31.1 Å². The molecule has 5 N–H and O–H groups in total. The van der Waals surface area contributed by atoms with Crippen LogP contribution < -0.4 is 26.6 Å². The van der Waals surface area contributed by atoms with Crippen LogP contribution in [0.15, 0.2) is 24.3 Å². The Labute approximate surface area is 140 Å². The van der Waals surface area contributed by atoms with Gasteiger partial charge in [-0.15, -0.1) is 0 Å². The van der Waals surface area contributed by atoms with Crippen molar-refractivity contribution in [2.24, 2.45) is 0 Å². The lowest BCUT2D eigenvalue weighted by Crippen LogP contribution is -2.66. The monoisotopic (exact) mass is 345 g/mol. The van der Waals surface area contributed by atoms with E-state index in [1.807, 2.05) is 32.9 Å². The lowest BCUT2D eigenvalue weighted by Gasteiger charge is -2.34. The van der Waals surface area contributed by atoms with Gasteiger partial charge in [-0.3, -0.25) is 20.7 Å². The van der Waals surface area contributed by atoms with Gasteiger partial charge in [0.05, 0.1) is 0 Å². The summed E-state index contributed by atoms with van der Waals surface area (Å²) in [4.78, 5) is 12.0. The molecule has 2 unspecified atom stereocenters. The predicted octanol–water partition coefficient (Wildman–Crippen LogP) is 1.74. The molecule has 0 aromatic heterocycles. The smallest absolute Gasteiger partial charge is 0.251 e. The van der Waals surface area contributed by atoms with Gasteiger partial charge in [-0.2, -0.15) is 0 Å². The molecule has 1 aromatic rings. The highest BCUT2D eigenvalue weighted by Gasteiger charge is 2.23. The molecule has 1 aliphatic heterocycles. The zero-order valence-corrected chi connectivity index (χ0v) is 14.2. The molecule has 0 spiro atoms. The largest absolute Gasteiger partial charge is 0.357 e. The number of anilines is 1. The average molecular weight is 346 g/mol. The molecule has 0 radical (unpaired) electrons. The number of amides is 1. The van der Waals surface area contributed by atoms with Crippen molar-refractivity contribution in [1.29, 1.82) is 0 Å².